The van der Waals surface area contributed by atoms with Crippen LogP contribution in [-0.2, 0) is 4.74 Å². The van der Waals surface area contributed by atoms with E-state index in [9.17, 15) is 0 Å². The van der Waals surface area contributed by atoms with Crippen LogP contribution in [0.4, 0.5) is 0 Å². The first-order valence-electron chi connectivity index (χ1n) is 5.89. The summed E-state index contributed by atoms with van der Waals surface area (Å²) >= 11 is 0. The Morgan fingerprint density at radius 3 is 3.21 bits per heavy atom. The smallest absolute Gasteiger partial charge is 0.0477 e. The summed E-state index contributed by atoms with van der Waals surface area (Å²) in [5, 5.41) is 3.62. The second-order valence-corrected chi connectivity index (χ2v) is 4.35. The molecule has 1 saturated carbocycles. The second-order valence-electron chi connectivity index (χ2n) is 4.35. The Kier molecular flexibility index (Phi) is 3.60. The van der Waals surface area contributed by atoms with Gasteiger partial charge < -0.3 is 10.1 Å². The van der Waals surface area contributed by atoms with Crippen LogP contribution in [0.15, 0.2) is 12.2 Å². The van der Waals surface area contributed by atoms with Crippen LogP contribution in [0.5, 0.6) is 0 Å². The van der Waals surface area contributed by atoms with Crippen LogP contribution in [0.1, 0.15) is 26.2 Å². The van der Waals surface area contributed by atoms with Gasteiger partial charge in [0.1, 0.15) is 0 Å². The molecule has 2 nitrogen and oxygen atoms in total. The molecule has 3 unspecified atom stereocenters. The van der Waals surface area contributed by atoms with E-state index in [4.69, 9.17) is 4.74 Å². The molecule has 0 aromatic rings. The molecule has 3 atom stereocenters. The van der Waals surface area contributed by atoms with Gasteiger partial charge in [0.05, 0.1) is 0 Å². The molecule has 2 rings (SSSR count). The van der Waals surface area contributed by atoms with Gasteiger partial charge in [0.2, 0.25) is 0 Å². The van der Waals surface area contributed by atoms with Crippen molar-refractivity contribution in [2.24, 2.45) is 11.8 Å². The predicted molar refractivity (Wildman–Crippen MR) is 58.3 cm³/mol. The molecular formula is C12H21NO. The predicted octanol–water partition coefficient (Wildman–Crippen LogP) is 1.97. The quantitative estimate of drug-likeness (QED) is 0.517. The molecule has 1 N–H and O–H groups in total. The van der Waals surface area contributed by atoms with Gasteiger partial charge >= 0.3 is 0 Å². The highest BCUT2D eigenvalue weighted by atomic mass is 16.5. The largest absolute Gasteiger partial charge is 0.382 e. The van der Waals surface area contributed by atoms with E-state index in [0.717, 1.165) is 44.1 Å². The number of allylic oxidation sites excluding steroid dienone is 1. The van der Waals surface area contributed by atoms with Gasteiger partial charge in [-0.2, -0.15) is 0 Å². The second kappa shape index (κ2) is 4.94. The van der Waals surface area contributed by atoms with Gasteiger partial charge in [0, 0.05) is 19.3 Å². The minimum absolute atomic E-state index is 0.764. The monoisotopic (exact) mass is 195 g/mol. The third-order valence-corrected chi connectivity index (χ3v) is 3.44. The zero-order valence-electron chi connectivity index (χ0n) is 9.04. The fourth-order valence-corrected chi connectivity index (χ4v) is 2.55. The maximum absolute atomic E-state index is 5.30. The maximum Gasteiger partial charge on any atom is 0.0477 e. The summed E-state index contributed by atoms with van der Waals surface area (Å²) in [6, 6.07) is 0.764. The summed E-state index contributed by atoms with van der Waals surface area (Å²) in [6.07, 6.45) is 8.59. The molecule has 0 aromatic heterocycles. The van der Waals surface area contributed by atoms with E-state index in [0.29, 0.717) is 0 Å². The van der Waals surface area contributed by atoms with Crippen LogP contribution in [0.25, 0.3) is 0 Å². The summed E-state index contributed by atoms with van der Waals surface area (Å²) in [5.74, 6) is 1.82. The number of ether oxygens (including phenoxy) is 1. The van der Waals surface area contributed by atoms with Crippen molar-refractivity contribution >= 4 is 0 Å². The highest BCUT2D eigenvalue weighted by Gasteiger charge is 2.40. The Hall–Kier alpha value is -0.340. The van der Waals surface area contributed by atoms with Crippen molar-refractivity contribution in [3.8, 4) is 0 Å². The highest BCUT2D eigenvalue weighted by Crippen LogP contribution is 2.42. The molecule has 14 heavy (non-hydrogen) atoms. The third-order valence-electron chi connectivity index (χ3n) is 3.44. The maximum atomic E-state index is 5.30. The van der Waals surface area contributed by atoms with E-state index < -0.39 is 0 Å². The first kappa shape index (κ1) is 10.2. The van der Waals surface area contributed by atoms with Crippen molar-refractivity contribution < 1.29 is 4.74 Å². The Morgan fingerprint density at radius 2 is 2.43 bits per heavy atom. The molecule has 1 fully saturated rings. The number of rotatable bonds is 6. The fourth-order valence-electron chi connectivity index (χ4n) is 2.55. The van der Waals surface area contributed by atoms with Crippen LogP contribution < -0.4 is 5.32 Å². The minimum Gasteiger partial charge on any atom is -0.382 e. The number of hydrogen-bond donors (Lipinski definition) is 1. The lowest BCUT2D eigenvalue weighted by Crippen LogP contribution is -2.48. The Bertz CT molecular complexity index is 202. The van der Waals surface area contributed by atoms with E-state index in [1.54, 1.807) is 0 Å². The van der Waals surface area contributed by atoms with E-state index in [-0.39, 0.29) is 0 Å². The van der Waals surface area contributed by atoms with E-state index in [1.807, 2.05) is 6.92 Å². The lowest BCUT2D eigenvalue weighted by Gasteiger charge is -2.40. The summed E-state index contributed by atoms with van der Waals surface area (Å²) in [4.78, 5) is 0. The fraction of sp³-hybridized carbons (Fsp3) is 0.833. The van der Waals surface area contributed by atoms with Gasteiger partial charge in [-0.1, -0.05) is 12.2 Å². The molecule has 0 spiro atoms. The Labute approximate surface area is 86.7 Å². The first-order chi connectivity index (χ1) is 6.92. The van der Waals surface area contributed by atoms with E-state index in [2.05, 4.69) is 17.5 Å². The molecule has 0 aromatic carbocycles. The van der Waals surface area contributed by atoms with Crippen LogP contribution in [0.3, 0.4) is 0 Å². The zero-order chi connectivity index (χ0) is 9.80. The highest BCUT2D eigenvalue weighted by molar-refractivity contribution is 5.12. The topological polar surface area (TPSA) is 21.3 Å². The molecule has 2 aliphatic carbocycles. The van der Waals surface area contributed by atoms with Crippen LogP contribution >= 0.6 is 0 Å². The van der Waals surface area contributed by atoms with Gasteiger partial charge in [0.25, 0.3) is 0 Å². The Balaban J connectivity index is 1.52. The lowest BCUT2D eigenvalue weighted by atomic mass is 9.71. The molecule has 80 valence electrons. The molecule has 0 bridgehead atoms. The SMILES string of the molecule is CCOCCCNC1CC2CC=CC21. The molecule has 0 amide bonds. The molecule has 0 heterocycles. The van der Waals surface area contributed by atoms with Gasteiger partial charge in [0.15, 0.2) is 0 Å². The van der Waals surface area contributed by atoms with Gasteiger partial charge in [-0.3, -0.25) is 0 Å². The number of nitrogens with one attached hydrogen (secondary N) is 1. The Morgan fingerprint density at radius 1 is 1.50 bits per heavy atom. The lowest BCUT2D eigenvalue weighted by molar-refractivity contribution is 0.132. The standard InChI is InChI=1S/C12H21NO/c1-2-14-8-4-7-13-12-9-10-5-3-6-11(10)12/h3,6,10-13H,2,4-5,7-9H2,1H3. The van der Waals surface area contributed by atoms with Crippen LogP contribution in [-0.4, -0.2) is 25.8 Å². The third kappa shape index (κ3) is 2.18. The molecule has 2 heteroatoms. The summed E-state index contributed by atoms with van der Waals surface area (Å²) in [5.41, 5.74) is 0. The number of fused-ring (bicyclic) bond motifs is 1. The first-order valence-corrected chi connectivity index (χ1v) is 5.89. The van der Waals surface area contributed by atoms with E-state index >= 15 is 0 Å². The zero-order valence-corrected chi connectivity index (χ0v) is 9.04. The van der Waals surface area contributed by atoms with Crippen molar-refractivity contribution in [3.05, 3.63) is 12.2 Å². The van der Waals surface area contributed by atoms with Gasteiger partial charge in [-0.15, -0.1) is 0 Å². The van der Waals surface area contributed by atoms with Gasteiger partial charge in [-0.05, 0) is 44.6 Å². The summed E-state index contributed by atoms with van der Waals surface area (Å²) < 4.78 is 5.30. The van der Waals surface area contributed by atoms with Crippen molar-refractivity contribution in [3.63, 3.8) is 0 Å². The molecule has 0 saturated heterocycles. The summed E-state index contributed by atoms with van der Waals surface area (Å²) in [6.45, 7) is 4.91. The average molecular weight is 195 g/mol. The van der Waals surface area contributed by atoms with Crippen LogP contribution in [0.2, 0.25) is 0 Å². The van der Waals surface area contributed by atoms with Gasteiger partial charge in [-0.25, -0.2) is 0 Å². The molecule has 2 aliphatic rings. The molecule has 0 radical (unpaired) electrons. The minimum atomic E-state index is 0.764. The van der Waals surface area contributed by atoms with Crippen molar-refractivity contribution in [2.75, 3.05) is 19.8 Å². The molecular weight excluding hydrogens is 174 g/mol. The van der Waals surface area contributed by atoms with Crippen LogP contribution in [0, 0.1) is 11.8 Å². The average Bonchev–Trinajstić information content (AvgIpc) is 2.53. The molecule has 0 aliphatic heterocycles. The van der Waals surface area contributed by atoms with Crippen molar-refractivity contribution in [2.45, 2.75) is 32.2 Å². The number of hydrogen-bond acceptors (Lipinski definition) is 2. The van der Waals surface area contributed by atoms with Crippen molar-refractivity contribution in [1.82, 2.24) is 5.32 Å². The normalized spacial score (nSPS) is 34.2. The van der Waals surface area contributed by atoms with E-state index in [1.165, 1.54) is 12.8 Å². The summed E-state index contributed by atoms with van der Waals surface area (Å²) in [7, 11) is 0. The van der Waals surface area contributed by atoms with Crippen molar-refractivity contribution in [1.29, 1.82) is 0 Å².